The predicted octanol–water partition coefficient (Wildman–Crippen LogP) is 1.06. The third kappa shape index (κ3) is 2.33. The van der Waals surface area contributed by atoms with E-state index in [2.05, 4.69) is 32.4 Å². The molecule has 1 aliphatic rings. The van der Waals surface area contributed by atoms with Crippen molar-refractivity contribution in [2.24, 2.45) is 16.7 Å². The number of carboxylic acid groups (broad SMARTS) is 1. The highest BCUT2D eigenvalue weighted by Gasteiger charge is 2.64. The summed E-state index contributed by atoms with van der Waals surface area (Å²) in [6.45, 7) is 9.84. The van der Waals surface area contributed by atoms with E-state index in [1.165, 1.54) is 6.92 Å². The summed E-state index contributed by atoms with van der Waals surface area (Å²) in [6.07, 6.45) is 0. The van der Waals surface area contributed by atoms with Crippen LogP contribution in [-0.2, 0) is 14.8 Å². The first-order valence-corrected chi connectivity index (χ1v) is 7.20. The smallest absolute Gasteiger partial charge is 0.323 e. The monoisotopic (exact) mass is 263 g/mol. The summed E-state index contributed by atoms with van der Waals surface area (Å²) < 4.78 is 25.7. The maximum Gasteiger partial charge on any atom is 0.323 e. The zero-order valence-corrected chi connectivity index (χ0v) is 11.8. The van der Waals surface area contributed by atoms with E-state index in [-0.39, 0.29) is 16.7 Å². The Morgan fingerprint density at radius 3 is 2.00 bits per heavy atom. The molecule has 0 aromatic heterocycles. The number of aliphatic carboxylic acids is 1. The van der Waals surface area contributed by atoms with E-state index in [0.717, 1.165) is 0 Å². The highest BCUT2D eigenvalue weighted by Crippen LogP contribution is 2.67. The molecule has 5 nitrogen and oxygen atoms in total. The molecule has 1 aliphatic carbocycles. The summed E-state index contributed by atoms with van der Waals surface area (Å²) in [5.41, 5.74) is 0.171. The van der Waals surface area contributed by atoms with Crippen LogP contribution in [0.15, 0.2) is 0 Å². The van der Waals surface area contributed by atoms with Crippen LogP contribution in [0.2, 0.25) is 0 Å². The molecule has 1 saturated carbocycles. The molecule has 0 aliphatic heterocycles. The molecule has 0 aromatic carbocycles. The summed E-state index contributed by atoms with van der Waals surface area (Å²) in [4.78, 5) is 10.6. The van der Waals surface area contributed by atoms with Gasteiger partial charge in [0.15, 0.2) is 5.25 Å². The zero-order chi connectivity index (χ0) is 13.6. The van der Waals surface area contributed by atoms with Crippen LogP contribution in [0, 0.1) is 16.7 Å². The van der Waals surface area contributed by atoms with E-state index < -0.39 is 21.2 Å². The summed E-state index contributed by atoms with van der Waals surface area (Å²) in [6, 6.07) is 0. The maximum absolute atomic E-state index is 11.6. The van der Waals surface area contributed by atoms with Crippen molar-refractivity contribution < 1.29 is 18.3 Å². The highest BCUT2D eigenvalue weighted by atomic mass is 32.2. The third-order valence-electron chi connectivity index (χ3n) is 4.62. The van der Waals surface area contributed by atoms with Crippen LogP contribution in [0.1, 0.15) is 34.6 Å². The first kappa shape index (κ1) is 14.4. The molecule has 1 fully saturated rings. The van der Waals surface area contributed by atoms with Gasteiger partial charge >= 0.3 is 5.97 Å². The molecule has 0 radical (unpaired) electrons. The van der Waals surface area contributed by atoms with Crippen LogP contribution in [0.25, 0.3) is 0 Å². The fourth-order valence-electron chi connectivity index (χ4n) is 2.30. The Hall–Kier alpha value is -0.620. The van der Waals surface area contributed by atoms with Crippen LogP contribution in [0.4, 0.5) is 0 Å². The maximum atomic E-state index is 11.6. The fraction of sp³-hybridized carbons (Fsp3) is 0.909. The minimum Gasteiger partial charge on any atom is -0.480 e. The molecule has 0 amide bonds. The largest absolute Gasteiger partial charge is 0.480 e. The molecular formula is C11H21NO4S. The van der Waals surface area contributed by atoms with Crippen LogP contribution >= 0.6 is 0 Å². The van der Waals surface area contributed by atoms with Crippen LogP contribution < -0.4 is 4.72 Å². The molecule has 1 atom stereocenters. The lowest BCUT2D eigenvalue weighted by Gasteiger charge is -2.10. The van der Waals surface area contributed by atoms with Crippen LogP contribution in [0.5, 0.6) is 0 Å². The van der Waals surface area contributed by atoms with E-state index in [0.29, 0.717) is 6.54 Å². The molecule has 1 rings (SSSR count). The second kappa shape index (κ2) is 3.95. The third-order valence-corrected chi connectivity index (χ3v) is 6.32. The molecule has 0 bridgehead atoms. The molecule has 0 heterocycles. The summed E-state index contributed by atoms with van der Waals surface area (Å²) >= 11 is 0. The van der Waals surface area contributed by atoms with E-state index in [1.54, 1.807) is 0 Å². The van der Waals surface area contributed by atoms with E-state index in [1.807, 2.05) is 0 Å². The zero-order valence-electron chi connectivity index (χ0n) is 10.9. The van der Waals surface area contributed by atoms with Gasteiger partial charge in [0.25, 0.3) is 0 Å². The second-order valence-electron chi connectivity index (χ2n) is 5.87. The van der Waals surface area contributed by atoms with Gasteiger partial charge in [0.05, 0.1) is 0 Å². The number of hydrogen-bond donors (Lipinski definition) is 2. The Kier molecular flexibility index (Phi) is 3.35. The van der Waals surface area contributed by atoms with Crippen molar-refractivity contribution in [3.05, 3.63) is 0 Å². The number of carboxylic acids is 1. The fourth-order valence-corrected chi connectivity index (χ4v) is 3.22. The lowest BCUT2D eigenvalue weighted by molar-refractivity contribution is -0.136. The topological polar surface area (TPSA) is 83.5 Å². The Bertz CT molecular complexity index is 411. The van der Waals surface area contributed by atoms with Crippen molar-refractivity contribution in [2.75, 3.05) is 6.54 Å². The molecule has 6 heteroatoms. The van der Waals surface area contributed by atoms with Gasteiger partial charge in [-0.3, -0.25) is 4.79 Å². The number of hydrogen-bond acceptors (Lipinski definition) is 3. The molecule has 2 N–H and O–H groups in total. The van der Waals surface area contributed by atoms with E-state index in [9.17, 15) is 13.2 Å². The highest BCUT2D eigenvalue weighted by molar-refractivity contribution is 7.90. The molecule has 1 unspecified atom stereocenters. The van der Waals surface area contributed by atoms with Gasteiger partial charge in [-0.1, -0.05) is 27.7 Å². The van der Waals surface area contributed by atoms with Crippen molar-refractivity contribution >= 4 is 16.0 Å². The summed E-state index contributed by atoms with van der Waals surface area (Å²) in [5, 5.41) is 7.27. The van der Waals surface area contributed by atoms with Crippen LogP contribution in [0.3, 0.4) is 0 Å². The molecule has 0 saturated heterocycles. The van der Waals surface area contributed by atoms with Gasteiger partial charge in [-0.2, -0.15) is 0 Å². The van der Waals surface area contributed by atoms with Gasteiger partial charge in [0, 0.05) is 6.54 Å². The Balaban J connectivity index is 2.63. The Morgan fingerprint density at radius 1 is 1.29 bits per heavy atom. The minimum absolute atomic E-state index is 0.0853. The van der Waals surface area contributed by atoms with Crippen LogP contribution in [-0.4, -0.2) is 31.3 Å². The Labute approximate surface area is 103 Å². The van der Waals surface area contributed by atoms with Crippen molar-refractivity contribution in [1.29, 1.82) is 0 Å². The van der Waals surface area contributed by atoms with Gasteiger partial charge in [-0.15, -0.1) is 0 Å². The number of rotatable bonds is 5. The van der Waals surface area contributed by atoms with E-state index >= 15 is 0 Å². The lowest BCUT2D eigenvalue weighted by Crippen LogP contribution is -2.38. The van der Waals surface area contributed by atoms with Crippen molar-refractivity contribution in [3.63, 3.8) is 0 Å². The number of nitrogens with one attached hydrogen (secondary N) is 1. The molecular weight excluding hydrogens is 242 g/mol. The summed E-state index contributed by atoms with van der Waals surface area (Å²) in [5.74, 6) is -1.09. The molecule has 0 spiro atoms. The van der Waals surface area contributed by atoms with Gasteiger partial charge in [0.2, 0.25) is 10.0 Å². The molecule has 17 heavy (non-hydrogen) atoms. The quantitative estimate of drug-likeness (QED) is 0.777. The Morgan fingerprint density at radius 2 is 1.71 bits per heavy atom. The molecule has 0 aromatic rings. The van der Waals surface area contributed by atoms with Crippen molar-refractivity contribution in [2.45, 2.75) is 39.9 Å². The van der Waals surface area contributed by atoms with E-state index in [4.69, 9.17) is 5.11 Å². The van der Waals surface area contributed by atoms with Gasteiger partial charge < -0.3 is 5.11 Å². The van der Waals surface area contributed by atoms with Gasteiger partial charge in [0.1, 0.15) is 0 Å². The normalized spacial score (nSPS) is 24.3. The standard InChI is InChI=1S/C11H21NO4S/c1-7(9(13)14)17(15,16)12-6-8-10(2,3)11(8,4)5/h7-8,12H,6H2,1-5H3,(H,13,14). The first-order chi connectivity index (χ1) is 7.44. The lowest BCUT2D eigenvalue weighted by atomic mass is 10.0. The molecule has 100 valence electrons. The van der Waals surface area contributed by atoms with Crippen molar-refractivity contribution in [3.8, 4) is 0 Å². The van der Waals surface area contributed by atoms with Gasteiger partial charge in [-0.05, 0) is 23.7 Å². The average Bonchev–Trinajstić information content (AvgIpc) is 2.53. The van der Waals surface area contributed by atoms with Gasteiger partial charge in [-0.25, -0.2) is 13.1 Å². The number of sulfonamides is 1. The van der Waals surface area contributed by atoms with Crippen molar-refractivity contribution in [1.82, 2.24) is 4.72 Å². The second-order valence-corrected chi connectivity index (χ2v) is 7.96. The minimum atomic E-state index is -3.76. The SMILES string of the molecule is CC(C(=O)O)S(=O)(=O)NCC1C(C)(C)C1(C)C. The first-order valence-electron chi connectivity index (χ1n) is 5.66. The average molecular weight is 263 g/mol. The predicted molar refractivity (Wildman–Crippen MR) is 65.1 cm³/mol. The number of carbonyl (C=O) groups is 1. The summed E-state index contributed by atoms with van der Waals surface area (Å²) in [7, 11) is -3.76.